The van der Waals surface area contributed by atoms with Crippen molar-refractivity contribution in [2.75, 3.05) is 4.90 Å². The highest BCUT2D eigenvalue weighted by Gasteiger charge is 2.36. The second kappa shape index (κ2) is 12.6. The fourth-order valence-corrected chi connectivity index (χ4v) is 9.98. The number of anilines is 3. The van der Waals surface area contributed by atoms with Crippen molar-refractivity contribution >= 4 is 70.4 Å². The van der Waals surface area contributed by atoms with E-state index in [-0.39, 0.29) is 5.41 Å². The molecule has 0 fully saturated rings. The quantitative estimate of drug-likeness (QED) is 0.164. The van der Waals surface area contributed by atoms with Gasteiger partial charge in [0, 0.05) is 70.2 Å². The van der Waals surface area contributed by atoms with Crippen molar-refractivity contribution in [1.29, 1.82) is 0 Å². The third-order valence-corrected chi connectivity index (χ3v) is 12.7. The van der Waals surface area contributed by atoms with Crippen molar-refractivity contribution in [3.63, 3.8) is 0 Å². The molecule has 1 aliphatic rings. The smallest absolute Gasteiger partial charge is 0.0547 e. The Bertz CT molecular complexity index is 3170. The minimum Gasteiger partial charge on any atom is -0.311 e. The van der Waals surface area contributed by atoms with E-state index in [2.05, 4.69) is 217 Å². The topological polar surface area (TPSA) is 8.17 Å². The van der Waals surface area contributed by atoms with Crippen LogP contribution in [0.5, 0.6) is 0 Å². The molecule has 2 nitrogen and oxygen atoms in total. The van der Waals surface area contributed by atoms with Gasteiger partial charge in [0.15, 0.2) is 0 Å². The fourth-order valence-electron chi connectivity index (χ4n) is 8.85. The first kappa shape index (κ1) is 32.6. The second-order valence-corrected chi connectivity index (χ2v) is 16.3. The number of benzene rings is 8. The van der Waals surface area contributed by atoms with Crippen LogP contribution in [0, 0.1) is 11.8 Å². The number of rotatable bonds is 4. The van der Waals surface area contributed by atoms with Crippen molar-refractivity contribution in [3.8, 4) is 28.7 Å². The van der Waals surface area contributed by atoms with Gasteiger partial charge in [0.2, 0.25) is 0 Å². The predicted molar refractivity (Wildman–Crippen MR) is 238 cm³/mol. The molecule has 0 aliphatic heterocycles. The van der Waals surface area contributed by atoms with Crippen LogP contribution in [0.25, 0.3) is 58.8 Å². The van der Waals surface area contributed by atoms with E-state index < -0.39 is 0 Å². The van der Waals surface area contributed by atoms with Crippen LogP contribution in [0.1, 0.15) is 36.1 Å². The summed E-state index contributed by atoms with van der Waals surface area (Å²) in [6.45, 7) is 4.72. The molecule has 0 saturated carbocycles. The second-order valence-electron chi connectivity index (χ2n) is 15.2. The third-order valence-electron chi connectivity index (χ3n) is 11.6. The average molecular weight is 733 g/mol. The molecule has 0 unspecified atom stereocenters. The van der Waals surface area contributed by atoms with Crippen molar-refractivity contribution in [3.05, 3.63) is 204 Å². The molecule has 10 aromatic rings. The molecule has 2 aromatic heterocycles. The Morgan fingerprint density at radius 3 is 1.82 bits per heavy atom. The summed E-state index contributed by atoms with van der Waals surface area (Å²) < 4.78 is 5.10. The van der Waals surface area contributed by atoms with Crippen molar-refractivity contribution in [2.24, 2.45) is 0 Å². The number of nitrogens with zero attached hydrogens (tertiary/aromatic N) is 2. The van der Waals surface area contributed by atoms with Crippen molar-refractivity contribution in [1.82, 2.24) is 4.57 Å². The normalized spacial score (nSPS) is 12.8. The first-order chi connectivity index (χ1) is 27.5. The summed E-state index contributed by atoms with van der Waals surface area (Å²) in [7, 11) is 0. The molecular formula is C53H36N2S. The number of hydrogen-bond donors (Lipinski definition) is 0. The molecule has 0 radical (unpaired) electrons. The molecular weight excluding hydrogens is 697 g/mol. The van der Waals surface area contributed by atoms with Crippen LogP contribution in [0.3, 0.4) is 0 Å². The molecule has 0 amide bonds. The van der Waals surface area contributed by atoms with Crippen LogP contribution >= 0.6 is 11.3 Å². The first-order valence-electron chi connectivity index (χ1n) is 19.2. The van der Waals surface area contributed by atoms with Gasteiger partial charge in [0.1, 0.15) is 0 Å². The lowest BCUT2D eigenvalue weighted by Gasteiger charge is -2.25. The van der Waals surface area contributed by atoms with Gasteiger partial charge in [-0.25, -0.2) is 0 Å². The maximum atomic E-state index is 3.51. The molecule has 56 heavy (non-hydrogen) atoms. The van der Waals surface area contributed by atoms with E-state index in [0.29, 0.717) is 0 Å². The molecule has 8 aromatic carbocycles. The zero-order valence-electron chi connectivity index (χ0n) is 31.1. The Kier molecular flexibility index (Phi) is 7.33. The molecule has 1 aliphatic carbocycles. The maximum Gasteiger partial charge on any atom is 0.0547 e. The minimum atomic E-state index is -0.171. The lowest BCUT2D eigenvalue weighted by Crippen LogP contribution is -2.15. The Hall–Kier alpha value is -6.86. The molecule has 11 rings (SSSR count). The zero-order valence-corrected chi connectivity index (χ0v) is 31.9. The highest BCUT2D eigenvalue weighted by molar-refractivity contribution is 7.25. The lowest BCUT2D eigenvalue weighted by molar-refractivity contribution is 0.661. The number of thiophene rings is 1. The van der Waals surface area contributed by atoms with Crippen molar-refractivity contribution < 1.29 is 0 Å². The van der Waals surface area contributed by atoms with E-state index in [9.17, 15) is 0 Å². The number of aromatic nitrogens is 1. The summed E-state index contributed by atoms with van der Waals surface area (Å²) in [6.07, 6.45) is 0. The fraction of sp³-hybridized carbons (Fsp3) is 0.0566. The SMILES string of the molecule is CC1(C)c2cc(C#Cc3ccc(N(c4ccccc4)c4ccccc4)cc3)ccc2-c2cc3c(cc21)c1ccccc1n3-c1ccc2c(c1)sc1ccccc12. The molecule has 0 spiro atoms. The van der Waals surface area contributed by atoms with E-state index in [1.807, 2.05) is 11.3 Å². The molecule has 0 bridgehead atoms. The molecule has 2 heterocycles. The first-order valence-corrected chi connectivity index (χ1v) is 20.0. The van der Waals surface area contributed by atoms with Crippen LogP contribution in [0.2, 0.25) is 0 Å². The maximum absolute atomic E-state index is 3.51. The standard InChI is InChI=1S/C53H36N2S/c1-53(2)47-31-36(22-21-35-23-26-39(27-24-35)54(37-13-5-3-6-14-37)38-15-7-4-8-16-38)25-29-41(47)45-34-50-46(33-48(45)53)42-17-9-11-19-49(42)55(50)40-28-30-44-43-18-10-12-20-51(43)56-52(44)32-40/h3-20,23-34H,1-2H3. The Labute approximate surface area is 330 Å². The molecule has 0 saturated heterocycles. The van der Waals surface area contributed by atoms with Gasteiger partial charge in [-0.2, -0.15) is 0 Å². The number of hydrogen-bond acceptors (Lipinski definition) is 2. The van der Waals surface area contributed by atoms with Crippen LogP contribution < -0.4 is 4.90 Å². The molecule has 0 N–H and O–H groups in total. The summed E-state index contributed by atoms with van der Waals surface area (Å²) in [5.74, 6) is 6.97. The summed E-state index contributed by atoms with van der Waals surface area (Å²) >= 11 is 1.87. The van der Waals surface area contributed by atoms with E-state index in [0.717, 1.165) is 28.2 Å². The van der Waals surface area contributed by atoms with Crippen LogP contribution in [0.15, 0.2) is 182 Å². The van der Waals surface area contributed by atoms with Gasteiger partial charge in [-0.05, 0) is 119 Å². The highest BCUT2D eigenvalue weighted by Crippen LogP contribution is 2.51. The van der Waals surface area contributed by atoms with Crippen molar-refractivity contribution in [2.45, 2.75) is 19.3 Å². The zero-order chi connectivity index (χ0) is 37.4. The molecule has 264 valence electrons. The average Bonchev–Trinajstić information content (AvgIpc) is 3.85. The van der Waals surface area contributed by atoms with Gasteiger partial charge in [-0.3, -0.25) is 0 Å². The summed E-state index contributed by atoms with van der Waals surface area (Å²) in [4.78, 5) is 2.27. The third kappa shape index (κ3) is 5.11. The molecule has 0 atom stereocenters. The monoisotopic (exact) mass is 732 g/mol. The van der Waals surface area contributed by atoms with Gasteiger partial charge in [0.25, 0.3) is 0 Å². The van der Waals surface area contributed by atoms with Crippen LogP contribution in [0.4, 0.5) is 17.1 Å². The summed E-state index contributed by atoms with van der Waals surface area (Å²) in [5.41, 5.74) is 14.1. The largest absolute Gasteiger partial charge is 0.311 e. The van der Waals surface area contributed by atoms with Gasteiger partial charge < -0.3 is 9.47 Å². The van der Waals surface area contributed by atoms with E-state index >= 15 is 0 Å². The Balaban J connectivity index is 0.966. The summed E-state index contributed by atoms with van der Waals surface area (Å²) in [6, 6.07) is 65.8. The van der Waals surface area contributed by atoms with E-state index in [1.54, 1.807) is 0 Å². The number of para-hydroxylation sites is 3. The van der Waals surface area contributed by atoms with Gasteiger partial charge in [-0.1, -0.05) is 111 Å². The predicted octanol–water partition coefficient (Wildman–Crippen LogP) is 14.3. The van der Waals surface area contributed by atoms with E-state index in [4.69, 9.17) is 0 Å². The van der Waals surface area contributed by atoms with Gasteiger partial charge in [0.05, 0.1) is 11.0 Å². The molecule has 3 heteroatoms. The highest BCUT2D eigenvalue weighted by atomic mass is 32.1. The van der Waals surface area contributed by atoms with Crippen LogP contribution in [-0.2, 0) is 5.41 Å². The Morgan fingerprint density at radius 1 is 0.446 bits per heavy atom. The number of fused-ring (bicyclic) bond motifs is 9. The van der Waals surface area contributed by atoms with Crippen LogP contribution in [-0.4, -0.2) is 4.57 Å². The van der Waals surface area contributed by atoms with Gasteiger partial charge >= 0.3 is 0 Å². The van der Waals surface area contributed by atoms with Gasteiger partial charge in [-0.15, -0.1) is 11.3 Å². The lowest BCUT2D eigenvalue weighted by atomic mass is 9.81. The minimum absolute atomic E-state index is 0.171. The Morgan fingerprint density at radius 2 is 1.05 bits per heavy atom. The van der Waals surface area contributed by atoms with E-state index in [1.165, 1.54) is 69.9 Å². The summed E-state index contributed by atoms with van der Waals surface area (Å²) in [5, 5.41) is 5.22.